The first-order chi connectivity index (χ1) is 9.41. The highest BCUT2D eigenvalue weighted by molar-refractivity contribution is 14.1. The molecule has 1 aromatic carbocycles. The van der Waals surface area contributed by atoms with Crippen LogP contribution in [-0.4, -0.2) is 17.0 Å². The van der Waals surface area contributed by atoms with Crippen molar-refractivity contribution in [3.63, 3.8) is 0 Å². The number of amides is 1. The number of nitrogens with zero attached hydrogens (tertiary/aromatic N) is 1. The number of carbonyl (C=O) groups is 1. The van der Waals surface area contributed by atoms with Crippen molar-refractivity contribution in [2.45, 2.75) is 26.7 Å². The van der Waals surface area contributed by atoms with Crippen LogP contribution >= 0.6 is 22.6 Å². The van der Waals surface area contributed by atoms with Crippen molar-refractivity contribution in [1.29, 1.82) is 0 Å². The van der Waals surface area contributed by atoms with Crippen molar-refractivity contribution in [3.8, 4) is 0 Å². The lowest BCUT2D eigenvalue weighted by Gasteiger charge is -2.28. The number of anilines is 1. The third kappa shape index (κ3) is 3.20. The number of hydrogen-bond donors (Lipinski definition) is 3. The van der Waals surface area contributed by atoms with Gasteiger partial charge in [0.25, 0.3) is 0 Å². The molecule has 7 heteroatoms. The molecule has 1 amide bonds. The number of amidine groups is 1. The maximum atomic E-state index is 13.0. The Labute approximate surface area is 130 Å². The molecule has 20 heavy (non-hydrogen) atoms. The monoisotopic (exact) mass is 393 g/mol. The summed E-state index contributed by atoms with van der Waals surface area (Å²) in [5.41, 5.74) is 5.08. The summed E-state index contributed by atoms with van der Waals surface area (Å²) in [6.07, 6.45) is 0.784. The molecule has 0 aromatic heterocycles. The minimum atomic E-state index is -1.08. The largest absolute Gasteiger partial charge is 0.409 e. The standard InChI is InChI=1S/C13H17FIN3O2/c1-3-13(4-2,11(16)18-20)12(19)17-10-6-5-8(14)7-9(10)15/h5-7,20H,3-4H2,1-2H3,(H2,16,18)(H,17,19). The van der Waals surface area contributed by atoms with Gasteiger partial charge in [-0.3, -0.25) is 4.79 Å². The number of oxime groups is 1. The zero-order valence-electron chi connectivity index (χ0n) is 11.3. The first-order valence-corrected chi connectivity index (χ1v) is 7.23. The molecular weight excluding hydrogens is 376 g/mol. The molecule has 0 aliphatic heterocycles. The number of benzene rings is 1. The predicted molar refractivity (Wildman–Crippen MR) is 84.2 cm³/mol. The summed E-state index contributed by atoms with van der Waals surface area (Å²) in [7, 11) is 0. The van der Waals surface area contributed by atoms with Crippen LogP contribution in [-0.2, 0) is 4.79 Å². The summed E-state index contributed by atoms with van der Waals surface area (Å²) in [4.78, 5) is 12.5. The van der Waals surface area contributed by atoms with Crippen LogP contribution in [0.25, 0.3) is 0 Å². The Balaban J connectivity index is 3.09. The normalized spacial score (nSPS) is 12.3. The van der Waals surface area contributed by atoms with E-state index in [1.807, 2.05) is 22.6 Å². The lowest BCUT2D eigenvalue weighted by molar-refractivity contribution is -0.122. The van der Waals surface area contributed by atoms with E-state index >= 15 is 0 Å². The van der Waals surface area contributed by atoms with Gasteiger partial charge in [-0.1, -0.05) is 19.0 Å². The molecule has 0 aliphatic rings. The number of rotatable bonds is 5. The van der Waals surface area contributed by atoms with Crippen LogP contribution in [0.2, 0.25) is 0 Å². The zero-order chi connectivity index (χ0) is 15.3. The van der Waals surface area contributed by atoms with Gasteiger partial charge < -0.3 is 16.3 Å². The lowest BCUT2D eigenvalue weighted by atomic mass is 9.80. The second-order valence-electron chi connectivity index (χ2n) is 4.35. The fourth-order valence-corrected chi connectivity index (χ4v) is 2.59. The molecule has 0 saturated heterocycles. The zero-order valence-corrected chi connectivity index (χ0v) is 13.4. The SMILES string of the molecule is CCC(CC)(C(=O)Nc1ccc(F)cc1I)C(N)=NO. The van der Waals surface area contributed by atoms with Crippen molar-refractivity contribution in [2.24, 2.45) is 16.3 Å². The molecular formula is C13H17FIN3O2. The summed E-state index contributed by atoms with van der Waals surface area (Å²) in [6.45, 7) is 3.58. The molecule has 110 valence electrons. The van der Waals surface area contributed by atoms with Crippen LogP contribution in [0, 0.1) is 14.8 Å². The van der Waals surface area contributed by atoms with Crippen LogP contribution in [0.15, 0.2) is 23.4 Å². The van der Waals surface area contributed by atoms with E-state index in [0.29, 0.717) is 22.1 Å². The number of hydrogen-bond acceptors (Lipinski definition) is 3. The summed E-state index contributed by atoms with van der Waals surface area (Å²) in [5, 5.41) is 14.6. The van der Waals surface area contributed by atoms with Gasteiger partial charge in [-0.05, 0) is 53.6 Å². The Hall–Kier alpha value is -1.38. The lowest BCUT2D eigenvalue weighted by Crippen LogP contribution is -2.46. The molecule has 0 heterocycles. The first-order valence-electron chi connectivity index (χ1n) is 6.15. The van der Waals surface area contributed by atoms with Gasteiger partial charge in [0.2, 0.25) is 5.91 Å². The van der Waals surface area contributed by atoms with E-state index in [1.165, 1.54) is 18.2 Å². The number of halogens is 2. The Kier molecular flexibility index (Phi) is 5.73. The fourth-order valence-electron chi connectivity index (χ4n) is 1.98. The molecule has 0 aliphatic carbocycles. The molecule has 1 rings (SSSR count). The fraction of sp³-hybridized carbons (Fsp3) is 0.385. The van der Waals surface area contributed by atoms with Gasteiger partial charge in [0.05, 0.1) is 5.69 Å². The van der Waals surface area contributed by atoms with Gasteiger partial charge in [0, 0.05) is 3.57 Å². The van der Waals surface area contributed by atoms with Crippen molar-refractivity contribution in [3.05, 3.63) is 27.6 Å². The molecule has 4 N–H and O–H groups in total. The van der Waals surface area contributed by atoms with Crippen LogP contribution in [0.3, 0.4) is 0 Å². The van der Waals surface area contributed by atoms with E-state index in [1.54, 1.807) is 13.8 Å². The van der Waals surface area contributed by atoms with Crippen molar-refractivity contribution in [1.82, 2.24) is 0 Å². The first kappa shape index (κ1) is 16.7. The molecule has 0 spiro atoms. The Morgan fingerprint density at radius 3 is 2.55 bits per heavy atom. The van der Waals surface area contributed by atoms with Gasteiger partial charge in [-0.25, -0.2) is 4.39 Å². The minimum absolute atomic E-state index is 0.128. The van der Waals surface area contributed by atoms with Crippen LogP contribution < -0.4 is 11.1 Å². The third-order valence-electron chi connectivity index (χ3n) is 3.42. The average Bonchev–Trinajstić information content (AvgIpc) is 2.43. The highest BCUT2D eigenvalue weighted by atomic mass is 127. The summed E-state index contributed by atoms with van der Waals surface area (Å²) < 4.78 is 13.6. The van der Waals surface area contributed by atoms with Crippen LogP contribution in [0.4, 0.5) is 10.1 Å². The van der Waals surface area contributed by atoms with Crippen LogP contribution in [0.5, 0.6) is 0 Å². The smallest absolute Gasteiger partial charge is 0.238 e. The molecule has 0 bridgehead atoms. The number of nitrogens with one attached hydrogen (secondary N) is 1. The van der Waals surface area contributed by atoms with Gasteiger partial charge in [-0.15, -0.1) is 0 Å². The van der Waals surface area contributed by atoms with E-state index in [-0.39, 0.29) is 17.6 Å². The molecule has 5 nitrogen and oxygen atoms in total. The Morgan fingerprint density at radius 2 is 2.10 bits per heavy atom. The van der Waals surface area contributed by atoms with Gasteiger partial charge >= 0.3 is 0 Å². The van der Waals surface area contributed by atoms with Crippen LogP contribution in [0.1, 0.15) is 26.7 Å². The Morgan fingerprint density at radius 1 is 1.50 bits per heavy atom. The quantitative estimate of drug-likeness (QED) is 0.236. The van der Waals surface area contributed by atoms with E-state index in [0.717, 1.165) is 0 Å². The summed E-state index contributed by atoms with van der Waals surface area (Å²) >= 11 is 1.93. The second-order valence-corrected chi connectivity index (χ2v) is 5.51. The van der Waals surface area contributed by atoms with Gasteiger partial charge in [-0.2, -0.15) is 0 Å². The van der Waals surface area contributed by atoms with Crippen molar-refractivity contribution >= 4 is 40.0 Å². The molecule has 0 unspecified atom stereocenters. The van der Waals surface area contributed by atoms with Crippen molar-refractivity contribution in [2.75, 3.05) is 5.32 Å². The number of nitrogens with two attached hydrogens (primary N) is 1. The van der Waals surface area contributed by atoms with E-state index in [2.05, 4.69) is 10.5 Å². The third-order valence-corrected chi connectivity index (χ3v) is 4.31. The molecule has 0 saturated carbocycles. The minimum Gasteiger partial charge on any atom is -0.409 e. The molecule has 0 radical (unpaired) electrons. The van der Waals surface area contributed by atoms with Gasteiger partial charge in [0.15, 0.2) is 5.84 Å². The maximum absolute atomic E-state index is 13.0. The highest BCUT2D eigenvalue weighted by Crippen LogP contribution is 2.30. The van der Waals surface area contributed by atoms with E-state index < -0.39 is 5.41 Å². The summed E-state index contributed by atoms with van der Waals surface area (Å²) in [5.74, 6) is -0.875. The van der Waals surface area contributed by atoms with Crippen molar-refractivity contribution < 1.29 is 14.4 Å². The van der Waals surface area contributed by atoms with E-state index in [4.69, 9.17) is 10.9 Å². The maximum Gasteiger partial charge on any atom is 0.238 e. The summed E-state index contributed by atoms with van der Waals surface area (Å²) in [6, 6.07) is 4.07. The molecule has 0 atom stereocenters. The number of carbonyl (C=O) groups excluding carboxylic acids is 1. The molecule has 1 aromatic rings. The second kappa shape index (κ2) is 6.87. The predicted octanol–water partition coefficient (Wildman–Crippen LogP) is 2.92. The van der Waals surface area contributed by atoms with Gasteiger partial charge in [0.1, 0.15) is 11.2 Å². The Bertz CT molecular complexity index is 530. The highest BCUT2D eigenvalue weighted by Gasteiger charge is 2.40. The topological polar surface area (TPSA) is 87.7 Å². The average molecular weight is 393 g/mol. The van der Waals surface area contributed by atoms with E-state index in [9.17, 15) is 9.18 Å². The molecule has 0 fully saturated rings.